The fourth-order valence-corrected chi connectivity index (χ4v) is 2.77. The number of hydrogen-bond acceptors (Lipinski definition) is 3. The molecule has 1 amide bonds. The lowest BCUT2D eigenvalue weighted by atomic mass is 10.0. The van der Waals surface area contributed by atoms with E-state index >= 15 is 0 Å². The predicted octanol–water partition coefficient (Wildman–Crippen LogP) is 3.25. The van der Waals surface area contributed by atoms with Gasteiger partial charge in [0.1, 0.15) is 5.84 Å². The molecule has 5 N–H and O–H groups in total. The zero-order chi connectivity index (χ0) is 17.4. The second kappa shape index (κ2) is 5.76. The molecule has 122 valence electrons. The van der Waals surface area contributed by atoms with Gasteiger partial charge in [0.2, 0.25) is 0 Å². The lowest BCUT2D eigenvalue weighted by Gasteiger charge is -2.07. The number of nitrogens with zero attached hydrogens (tertiary/aromatic N) is 1. The molecule has 3 aromatic carbocycles. The Bertz CT molecular complexity index is 1130. The summed E-state index contributed by atoms with van der Waals surface area (Å²) in [6, 6.07) is 16.5. The van der Waals surface area contributed by atoms with Crippen LogP contribution in [0.1, 0.15) is 15.9 Å². The van der Waals surface area contributed by atoms with Gasteiger partial charge in [0.15, 0.2) is 0 Å². The Balaban J connectivity index is 1.62. The van der Waals surface area contributed by atoms with E-state index in [1.54, 1.807) is 18.3 Å². The minimum Gasteiger partial charge on any atom is -0.384 e. The van der Waals surface area contributed by atoms with Crippen molar-refractivity contribution in [3.05, 3.63) is 71.9 Å². The monoisotopic (exact) mass is 329 g/mol. The maximum atomic E-state index is 12.5. The van der Waals surface area contributed by atoms with Crippen molar-refractivity contribution in [3.63, 3.8) is 0 Å². The van der Waals surface area contributed by atoms with E-state index in [1.165, 1.54) is 0 Å². The van der Waals surface area contributed by atoms with Crippen molar-refractivity contribution in [1.82, 2.24) is 10.2 Å². The summed E-state index contributed by atoms with van der Waals surface area (Å²) in [5.74, 6) is -0.158. The van der Waals surface area contributed by atoms with Crippen LogP contribution in [0.3, 0.4) is 0 Å². The summed E-state index contributed by atoms with van der Waals surface area (Å²) in [6.07, 6.45) is 1.74. The number of amides is 1. The number of fused-ring (bicyclic) bond motifs is 2. The number of H-pyrrole nitrogens is 1. The molecule has 0 aliphatic carbocycles. The highest BCUT2D eigenvalue weighted by atomic mass is 16.1. The summed E-state index contributed by atoms with van der Waals surface area (Å²) >= 11 is 0. The van der Waals surface area contributed by atoms with Crippen LogP contribution in [0.25, 0.3) is 21.7 Å². The molecule has 4 aromatic rings. The Morgan fingerprint density at radius 3 is 2.40 bits per heavy atom. The molecular formula is C19H15N5O. The fraction of sp³-hybridized carbons (Fsp3) is 0. The van der Waals surface area contributed by atoms with Gasteiger partial charge in [-0.1, -0.05) is 18.2 Å². The molecule has 6 heteroatoms. The number of aromatic amines is 1. The number of carbonyl (C=O) groups excluding carboxylic acids is 1. The molecule has 0 spiro atoms. The summed E-state index contributed by atoms with van der Waals surface area (Å²) in [4.78, 5) is 12.5. The normalized spacial score (nSPS) is 10.9. The van der Waals surface area contributed by atoms with E-state index in [9.17, 15) is 4.79 Å². The molecule has 0 saturated carbocycles. The van der Waals surface area contributed by atoms with Crippen LogP contribution < -0.4 is 11.1 Å². The molecule has 0 bridgehead atoms. The van der Waals surface area contributed by atoms with Crippen molar-refractivity contribution in [1.29, 1.82) is 5.41 Å². The maximum absolute atomic E-state index is 12.5. The smallest absolute Gasteiger partial charge is 0.255 e. The first-order chi connectivity index (χ1) is 12.1. The Hall–Kier alpha value is -3.67. The van der Waals surface area contributed by atoms with Gasteiger partial charge in [-0.15, -0.1) is 0 Å². The number of hydrogen-bond donors (Lipinski definition) is 4. The van der Waals surface area contributed by atoms with Gasteiger partial charge in [-0.3, -0.25) is 15.3 Å². The number of aromatic nitrogens is 2. The van der Waals surface area contributed by atoms with Crippen LogP contribution in [-0.4, -0.2) is 21.9 Å². The molecular weight excluding hydrogens is 314 g/mol. The lowest BCUT2D eigenvalue weighted by molar-refractivity contribution is 0.102. The minimum atomic E-state index is -0.184. The molecule has 1 aromatic heterocycles. The van der Waals surface area contributed by atoms with Crippen molar-refractivity contribution >= 4 is 39.1 Å². The van der Waals surface area contributed by atoms with Gasteiger partial charge in [0.05, 0.1) is 11.7 Å². The molecule has 0 unspecified atom stereocenters. The lowest BCUT2D eigenvalue weighted by Crippen LogP contribution is -2.12. The quantitative estimate of drug-likeness (QED) is 0.342. The number of amidine groups is 1. The first-order valence-electron chi connectivity index (χ1n) is 7.73. The zero-order valence-electron chi connectivity index (χ0n) is 13.2. The largest absolute Gasteiger partial charge is 0.384 e. The number of rotatable bonds is 3. The van der Waals surface area contributed by atoms with Gasteiger partial charge in [-0.25, -0.2) is 0 Å². The van der Waals surface area contributed by atoms with E-state index in [1.807, 2.05) is 42.5 Å². The van der Waals surface area contributed by atoms with Crippen molar-refractivity contribution in [2.75, 3.05) is 5.32 Å². The second-order valence-corrected chi connectivity index (χ2v) is 5.82. The topological polar surface area (TPSA) is 108 Å². The molecule has 0 fully saturated rings. The third kappa shape index (κ3) is 2.81. The average Bonchev–Trinajstić information content (AvgIpc) is 3.08. The van der Waals surface area contributed by atoms with Gasteiger partial charge in [-0.05, 0) is 47.2 Å². The zero-order valence-corrected chi connectivity index (χ0v) is 13.2. The molecule has 0 atom stereocenters. The first kappa shape index (κ1) is 14.9. The Morgan fingerprint density at radius 2 is 1.64 bits per heavy atom. The predicted molar refractivity (Wildman–Crippen MR) is 99.0 cm³/mol. The second-order valence-electron chi connectivity index (χ2n) is 5.82. The average molecular weight is 329 g/mol. The van der Waals surface area contributed by atoms with Crippen LogP contribution in [0.2, 0.25) is 0 Å². The summed E-state index contributed by atoms with van der Waals surface area (Å²) in [5.41, 5.74) is 8.31. The van der Waals surface area contributed by atoms with E-state index in [0.717, 1.165) is 21.7 Å². The van der Waals surface area contributed by atoms with Gasteiger partial charge in [-0.2, -0.15) is 5.10 Å². The number of nitrogens with one attached hydrogen (secondary N) is 3. The number of nitrogen functional groups attached to an aromatic ring is 1. The molecule has 0 aliphatic rings. The van der Waals surface area contributed by atoms with E-state index in [4.69, 9.17) is 11.1 Å². The number of benzene rings is 3. The third-order valence-electron chi connectivity index (χ3n) is 4.11. The van der Waals surface area contributed by atoms with Gasteiger partial charge >= 0.3 is 0 Å². The first-order valence-corrected chi connectivity index (χ1v) is 7.73. The Labute approximate surface area is 143 Å². The van der Waals surface area contributed by atoms with Crippen LogP contribution in [0.4, 0.5) is 5.69 Å². The van der Waals surface area contributed by atoms with Gasteiger partial charge in [0, 0.05) is 22.2 Å². The molecule has 1 heterocycles. The van der Waals surface area contributed by atoms with Gasteiger partial charge in [0.25, 0.3) is 5.91 Å². The SMILES string of the molecule is N=C(N)c1ccc2cc(C(=O)Nc3ccc4cn[nH]c4c3)ccc2c1. The fourth-order valence-electron chi connectivity index (χ4n) is 2.77. The van der Waals surface area contributed by atoms with Crippen LogP contribution in [0, 0.1) is 5.41 Å². The Kier molecular flexibility index (Phi) is 3.43. The highest BCUT2D eigenvalue weighted by Crippen LogP contribution is 2.20. The van der Waals surface area contributed by atoms with Crippen molar-refractivity contribution in [2.24, 2.45) is 5.73 Å². The number of carbonyl (C=O) groups is 1. The molecule has 0 radical (unpaired) electrons. The van der Waals surface area contributed by atoms with Crippen molar-refractivity contribution in [2.45, 2.75) is 0 Å². The molecule has 25 heavy (non-hydrogen) atoms. The molecule has 0 aliphatic heterocycles. The number of nitrogens with two attached hydrogens (primary N) is 1. The van der Waals surface area contributed by atoms with E-state index in [2.05, 4.69) is 15.5 Å². The van der Waals surface area contributed by atoms with Crippen LogP contribution in [0.15, 0.2) is 60.8 Å². The van der Waals surface area contributed by atoms with Crippen molar-refractivity contribution in [3.8, 4) is 0 Å². The summed E-state index contributed by atoms with van der Waals surface area (Å²) in [7, 11) is 0. The van der Waals surface area contributed by atoms with Gasteiger partial charge < -0.3 is 11.1 Å². The third-order valence-corrected chi connectivity index (χ3v) is 4.11. The molecule has 4 rings (SSSR count). The summed E-state index contributed by atoms with van der Waals surface area (Å²) in [5, 5.41) is 20.1. The summed E-state index contributed by atoms with van der Waals surface area (Å²) in [6.45, 7) is 0. The van der Waals surface area contributed by atoms with E-state index < -0.39 is 0 Å². The van der Waals surface area contributed by atoms with Crippen LogP contribution >= 0.6 is 0 Å². The summed E-state index contributed by atoms with van der Waals surface area (Å²) < 4.78 is 0. The maximum Gasteiger partial charge on any atom is 0.255 e. The van der Waals surface area contributed by atoms with E-state index in [-0.39, 0.29) is 11.7 Å². The van der Waals surface area contributed by atoms with E-state index in [0.29, 0.717) is 16.8 Å². The standard InChI is InChI=1S/C19H15N5O/c20-18(21)13-3-1-12-8-14(4-2-11(12)7-13)19(25)23-16-6-5-15-10-22-24-17(15)9-16/h1-10H,(H3,20,21)(H,22,24)(H,23,25). The molecule has 6 nitrogen and oxygen atoms in total. The molecule has 0 saturated heterocycles. The highest BCUT2D eigenvalue weighted by Gasteiger charge is 2.08. The minimum absolute atomic E-state index is 0.0259. The number of anilines is 1. The highest BCUT2D eigenvalue weighted by molar-refractivity contribution is 6.07. The van der Waals surface area contributed by atoms with Crippen LogP contribution in [-0.2, 0) is 0 Å². The Morgan fingerprint density at radius 1 is 0.960 bits per heavy atom. The van der Waals surface area contributed by atoms with Crippen molar-refractivity contribution < 1.29 is 4.79 Å². The van der Waals surface area contributed by atoms with Crippen LogP contribution in [0.5, 0.6) is 0 Å².